The van der Waals surface area contributed by atoms with Gasteiger partial charge in [-0.3, -0.25) is 0 Å². The second-order valence-electron chi connectivity index (χ2n) is 5.66. The molecule has 0 N–H and O–H groups in total. The Balaban J connectivity index is 2.03. The topological polar surface area (TPSA) is 68.3 Å². The van der Waals surface area contributed by atoms with Crippen LogP contribution >= 0.6 is 0 Å². The molecule has 2 aromatic rings. The van der Waals surface area contributed by atoms with E-state index in [1.54, 1.807) is 48.5 Å². The van der Waals surface area contributed by atoms with Crippen LogP contribution in [0.1, 0.15) is 11.1 Å². The molecule has 0 aromatic heterocycles. The van der Waals surface area contributed by atoms with Gasteiger partial charge < -0.3 is 0 Å². The van der Waals surface area contributed by atoms with E-state index in [0.717, 1.165) is 11.1 Å². The maximum absolute atomic E-state index is 12.2. The predicted octanol–water partition coefficient (Wildman–Crippen LogP) is 3.11. The van der Waals surface area contributed by atoms with Crippen molar-refractivity contribution in [2.75, 3.05) is 11.5 Å². The highest BCUT2D eigenvalue weighted by molar-refractivity contribution is 7.92. The minimum Gasteiger partial charge on any atom is -0.223 e. The van der Waals surface area contributed by atoms with Crippen LogP contribution in [0.5, 0.6) is 0 Å². The zero-order valence-electron chi connectivity index (χ0n) is 13.6. The van der Waals surface area contributed by atoms with Crippen LogP contribution in [0.3, 0.4) is 0 Å². The summed E-state index contributed by atoms with van der Waals surface area (Å²) in [4.78, 5) is 0.471. The van der Waals surface area contributed by atoms with E-state index in [2.05, 4.69) is 0 Å². The largest absolute Gasteiger partial charge is 0.223 e. The molecule has 2 aromatic carbocycles. The molecule has 24 heavy (non-hydrogen) atoms. The standard InChI is InChI=1S/C18H20O4S2/c1-15-5-9-17(10-6-15)23(19,20)13-3-4-14-24(21,22)18-11-7-16(2)8-12-18/h3-12H,13-14H2,1-2H3/b4-3+. The van der Waals surface area contributed by atoms with Crippen molar-refractivity contribution in [1.82, 2.24) is 0 Å². The van der Waals surface area contributed by atoms with Crippen molar-refractivity contribution in [2.24, 2.45) is 0 Å². The molecule has 0 aliphatic heterocycles. The van der Waals surface area contributed by atoms with E-state index < -0.39 is 19.7 Å². The lowest BCUT2D eigenvalue weighted by Crippen LogP contribution is -2.07. The van der Waals surface area contributed by atoms with Crippen molar-refractivity contribution < 1.29 is 16.8 Å². The summed E-state index contributed by atoms with van der Waals surface area (Å²) >= 11 is 0. The Kier molecular flexibility index (Phi) is 5.62. The summed E-state index contributed by atoms with van der Waals surface area (Å²) in [6, 6.07) is 13.2. The van der Waals surface area contributed by atoms with Crippen LogP contribution in [0, 0.1) is 13.8 Å². The predicted molar refractivity (Wildman–Crippen MR) is 95.6 cm³/mol. The van der Waals surface area contributed by atoms with E-state index in [4.69, 9.17) is 0 Å². The molecule has 0 saturated heterocycles. The van der Waals surface area contributed by atoms with Crippen molar-refractivity contribution in [3.8, 4) is 0 Å². The number of benzene rings is 2. The van der Waals surface area contributed by atoms with Crippen LogP contribution in [0.2, 0.25) is 0 Å². The molecule has 128 valence electrons. The first-order chi connectivity index (χ1) is 11.2. The van der Waals surface area contributed by atoms with Gasteiger partial charge in [0.25, 0.3) is 0 Å². The molecule has 0 bridgehead atoms. The minimum absolute atomic E-state index is 0.223. The second kappa shape index (κ2) is 7.32. The Labute approximate surface area is 143 Å². The Morgan fingerprint density at radius 1 is 0.625 bits per heavy atom. The quantitative estimate of drug-likeness (QED) is 0.739. The summed E-state index contributed by atoms with van der Waals surface area (Å²) in [5, 5.41) is 0. The third kappa shape index (κ3) is 4.79. The fourth-order valence-electron chi connectivity index (χ4n) is 2.07. The number of hydrogen-bond acceptors (Lipinski definition) is 4. The molecule has 0 heterocycles. The molecule has 2 rings (SSSR count). The van der Waals surface area contributed by atoms with Crippen molar-refractivity contribution in [3.05, 3.63) is 71.8 Å². The molecular formula is C18H20O4S2. The summed E-state index contributed by atoms with van der Waals surface area (Å²) in [5.41, 5.74) is 1.96. The fraction of sp³-hybridized carbons (Fsp3) is 0.222. The van der Waals surface area contributed by atoms with Crippen molar-refractivity contribution in [3.63, 3.8) is 0 Å². The average molecular weight is 364 g/mol. The van der Waals surface area contributed by atoms with Crippen LogP contribution in [0.15, 0.2) is 70.5 Å². The van der Waals surface area contributed by atoms with E-state index in [1.165, 1.54) is 12.2 Å². The number of aryl methyl sites for hydroxylation is 2. The van der Waals surface area contributed by atoms with Gasteiger partial charge in [-0.15, -0.1) is 0 Å². The van der Waals surface area contributed by atoms with Gasteiger partial charge in [0, 0.05) is 0 Å². The Hall–Kier alpha value is -1.92. The molecule has 6 heteroatoms. The molecule has 0 fully saturated rings. The lowest BCUT2D eigenvalue weighted by Gasteiger charge is -2.03. The van der Waals surface area contributed by atoms with E-state index in [-0.39, 0.29) is 21.3 Å². The van der Waals surface area contributed by atoms with Gasteiger partial charge >= 0.3 is 0 Å². The SMILES string of the molecule is Cc1ccc(S(=O)(=O)C/C=C/CS(=O)(=O)c2ccc(C)cc2)cc1. The van der Waals surface area contributed by atoms with E-state index >= 15 is 0 Å². The molecule has 0 aliphatic rings. The van der Waals surface area contributed by atoms with Crippen molar-refractivity contribution in [1.29, 1.82) is 0 Å². The maximum Gasteiger partial charge on any atom is 0.181 e. The van der Waals surface area contributed by atoms with Crippen LogP contribution in [-0.4, -0.2) is 28.3 Å². The molecule has 0 radical (unpaired) electrons. The lowest BCUT2D eigenvalue weighted by molar-refractivity contribution is 0.596. The fourth-order valence-corrected chi connectivity index (χ4v) is 4.34. The first kappa shape index (κ1) is 18.4. The van der Waals surface area contributed by atoms with Gasteiger partial charge in [-0.25, -0.2) is 16.8 Å². The third-order valence-corrected chi connectivity index (χ3v) is 6.80. The molecule has 0 amide bonds. The van der Waals surface area contributed by atoms with Gasteiger partial charge in [0.05, 0.1) is 21.3 Å². The van der Waals surface area contributed by atoms with Gasteiger partial charge in [0.2, 0.25) is 0 Å². The van der Waals surface area contributed by atoms with E-state index in [0.29, 0.717) is 0 Å². The minimum atomic E-state index is -3.45. The third-order valence-electron chi connectivity index (χ3n) is 3.56. The smallest absolute Gasteiger partial charge is 0.181 e. The molecule has 0 saturated carbocycles. The zero-order valence-corrected chi connectivity index (χ0v) is 15.3. The number of hydrogen-bond donors (Lipinski definition) is 0. The summed E-state index contributed by atoms with van der Waals surface area (Å²) in [6.07, 6.45) is 2.78. The summed E-state index contributed by atoms with van der Waals surface area (Å²) in [6.45, 7) is 3.76. The van der Waals surface area contributed by atoms with Gasteiger partial charge in [-0.05, 0) is 38.1 Å². The normalized spacial score (nSPS) is 12.6. The summed E-state index contributed by atoms with van der Waals surface area (Å²) in [7, 11) is -6.89. The van der Waals surface area contributed by atoms with Crippen LogP contribution in [0.4, 0.5) is 0 Å². The van der Waals surface area contributed by atoms with Crippen LogP contribution in [-0.2, 0) is 19.7 Å². The summed E-state index contributed by atoms with van der Waals surface area (Å²) in [5.74, 6) is -0.445. The molecule has 0 unspecified atom stereocenters. The molecule has 4 nitrogen and oxygen atoms in total. The Bertz CT molecular complexity index is 842. The molecule has 0 aliphatic carbocycles. The van der Waals surface area contributed by atoms with E-state index in [1.807, 2.05) is 13.8 Å². The van der Waals surface area contributed by atoms with Gasteiger partial charge in [0.15, 0.2) is 19.7 Å². The lowest BCUT2D eigenvalue weighted by atomic mass is 10.2. The number of sulfone groups is 2. The van der Waals surface area contributed by atoms with Crippen LogP contribution in [0.25, 0.3) is 0 Å². The van der Waals surface area contributed by atoms with Crippen molar-refractivity contribution >= 4 is 19.7 Å². The van der Waals surface area contributed by atoms with Gasteiger partial charge in [-0.1, -0.05) is 47.5 Å². The molecule has 0 atom stereocenters. The second-order valence-corrected chi connectivity index (χ2v) is 9.73. The monoisotopic (exact) mass is 364 g/mol. The number of rotatable bonds is 6. The van der Waals surface area contributed by atoms with Crippen molar-refractivity contribution in [2.45, 2.75) is 23.6 Å². The van der Waals surface area contributed by atoms with Crippen LogP contribution < -0.4 is 0 Å². The Morgan fingerprint density at radius 3 is 1.21 bits per heavy atom. The Morgan fingerprint density at radius 2 is 0.917 bits per heavy atom. The zero-order chi connectivity index (χ0) is 17.8. The molecular weight excluding hydrogens is 344 g/mol. The maximum atomic E-state index is 12.2. The van der Waals surface area contributed by atoms with Gasteiger partial charge in [0.1, 0.15) is 0 Å². The highest BCUT2D eigenvalue weighted by Gasteiger charge is 2.14. The molecule has 0 spiro atoms. The van der Waals surface area contributed by atoms with E-state index in [9.17, 15) is 16.8 Å². The highest BCUT2D eigenvalue weighted by atomic mass is 32.2. The first-order valence-electron chi connectivity index (χ1n) is 7.44. The average Bonchev–Trinajstić information content (AvgIpc) is 2.52. The summed E-state index contributed by atoms with van der Waals surface area (Å²) < 4.78 is 48.7. The highest BCUT2D eigenvalue weighted by Crippen LogP contribution is 2.14. The first-order valence-corrected chi connectivity index (χ1v) is 10.7. The van der Waals surface area contributed by atoms with Gasteiger partial charge in [-0.2, -0.15) is 0 Å².